The van der Waals surface area contributed by atoms with E-state index in [1.807, 2.05) is 0 Å². The molecule has 184 valence electrons. The molecule has 0 amide bonds. The quantitative estimate of drug-likeness (QED) is 0.242. The van der Waals surface area contributed by atoms with Crippen molar-refractivity contribution >= 4 is 21.7 Å². The molecule has 0 saturated carbocycles. The Balaban J connectivity index is 1.45. The molecule has 0 aliphatic heterocycles. The van der Waals surface area contributed by atoms with Crippen molar-refractivity contribution in [1.29, 1.82) is 0 Å². The molecule has 6 aromatic rings. The van der Waals surface area contributed by atoms with Gasteiger partial charge in [0.05, 0.1) is 11.2 Å². The van der Waals surface area contributed by atoms with Crippen LogP contribution in [0.2, 0.25) is 0 Å². The fraction of sp³-hybridized carbons (Fsp3) is 0.167. The Hall–Kier alpha value is -4.30. The average molecular weight is 491 g/mol. The van der Waals surface area contributed by atoms with E-state index in [1.165, 1.54) is 33.0 Å². The van der Waals surface area contributed by atoms with E-state index in [9.17, 15) is 0 Å². The third kappa shape index (κ3) is 3.26. The average Bonchev–Trinajstić information content (AvgIpc) is 2.95. The molecule has 2 nitrogen and oxygen atoms in total. The molecule has 1 heterocycles. The van der Waals surface area contributed by atoms with Gasteiger partial charge in [0.1, 0.15) is 0 Å². The van der Waals surface area contributed by atoms with Crippen LogP contribution in [0.3, 0.4) is 0 Å². The number of hydrogen-bond donors (Lipinski definition) is 0. The Morgan fingerprint density at radius 1 is 0.500 bits per heavy atom. The molecule has 2 heteroatoms. The summed E-state index contributed by atoms with van der Waals surface area (Å²) in [4.78, 5) is 10.3. The van der Waals surface area contributed by atoms with Gasteiger partial charge in [-0.1, -0.05) is 119 Å². The monoisotopic (exact) mass is 490 g/mol. The maximum absolute atomic E-state index is 5.21. The summed E-state index contributed by atoms with van der Waals surface area (Å²) in [6, 6.07) is 39.1. The maximum atomic E-state index is 5.21. The van der Waals surface area contributed by atoms with Crippen LogP contribution < -0.4 is 0 Å². The number of benzene rings is 5. The molecule has 0 bridgehead atoms. The molecule has 0 unspecified atom stereocenters. The van der Waals surface area contributed by atoms with Gasteiger partial charge >= 0.3 is 0 Å². The predicted molar refractivity (Wildman–Crippen MR) is 159 cm³/mol. The number of nitrogens with zero attached hydrogens (tertiary/aromatic N) is 2. The van der Waals surface area contributed by atoms with Gasteiger partial charge < -0.3 is 0 Å². The van der Waals surface area contributed by atoms with Crippen molar-refractivity contribution in [3.8, 4) is 33.8 Å². The van der Waals surface area contributed by atoms with Crippen LogP contribution >= 0.6 is 0 Å². The van der Waals surface area contributed by atoms with E-state index in [-0.39, 0.29) is 10.8 Å². The molecule has 0 saturated heterocycles. The smallest absolute Gasteiger partial charge is 0.160 e. The second kappa shape index (κ2) is 8.10. The van der Waals surface area contributed by atoms with Crippen LogP contribution in [0.5, 0.6) is 0 Å². The van der Waals surface area contributed by atoms with Crippen LogP contribution in [0.15, 0.2) is 109 Å². The Morgan fingerprint density at radius 3 is 2.03 bits per heavy atom. The molecule has 1 aromatic heterocycles. The highest BCUT2D eigenvalue weighted by molar-refractivity contribution is 5.96. The first-order valence-electron chi connectivity index (χ1n) is 13.4. The van der Waals surface area contributed by atoms with E-state index < -0.39 is 0 Å². The lowest BCUT2D eigenvalue weighted by Gasteiger charge is -2.48. The van der Waals surface area contributed by atoms with Gasteiger partial charge in [-0.15, -0.1) is 0 Å². The first-order chi connectivity index (χ1) is 18.3. The summed E-state index contributed by atoms with van der Waals surface area (Å²) in [5.74, 6) is 0.766. The SMILES string of the molecule is CC1(C)c2ccccc2-c2ccc(-c3nc(-c4ccc5ccccc5c4)c4ccccc4n3)cc2C1(C)C. The molecule has 0 atom stereocenters. The zero-order valence-electron chi connectivity index (χ0n) is 22.3. The van der Waals surface area contributed by atoms with Crippen molar-refractivity contribution in [2.24, 2.45) is 0 Å². The first-order valence-corrected chi connectivity index (χ1v) is 13.4. The summed E-state index contributed by atoms with van der Waals surface area (Å²) in [5, 5.41) is 3.51. The Bertz CT molecular complexity index is 1880. The van der Waals surface area contributed by atoms with E-state index in [4.69, 9.17) is 9.97 Å². The number of para-hydroxylation sites is 1. The topological polar surface area (TPSA) is 25.8 Å². The van der Waals surface area contributed by atoms with Crippen molar-refractivity contribution in [3.63, 3.8) is 0 Å². The van der Waals surface area contributed by atoms with Crippen molar-refractivity contribution in [2.75, 3.05) is 0 Å². The number of hydrogen-bond acceptors (Lipinski definition) is 2. The largest absolute Gasteiger partial charge is 0.228 e. The number of aromatic nitrogens is 2. The molecular formula is C36H30N2. The molecule has 1 aliphatic rings. The van der Waals surface area contributed by atoms with Crippen LogP contribution in [-0.4, -0.2) is 9.97 Å². The second-order valence-electron chi connectivity index (χ2n) is 11.5. The second-order valence-corrected chi connectivity index (χ2v) is 11.5. The normalized spacial score (nSPS) is 15.3. The van der Waals surface area contributed by atoms with Gasteiger partial charge in [0, 0.05) is 16.5 Å². The number of rotatable bonds is 2. The molecule has 0 N–H and O–H groups in total. The molecular weight excluding hydrogens is 460 g/mol. The summed E-state index contributed by atoms with van der Waals surface area (Å²) in [5.41, 5.74) is 9.41. The van der Waals surface area contributed by atoms with Gasteiger partial charge in [-0.05, 0) is 62.1 Å². The van der Waals surface area contributed by atoms with Crippen LogP contribution in [0.4, 0.5) is 0 Å². The zero-order valence-corrected chi connectivity index (χ0v) is 22.3. The highest BCUT2D eigenvalue weighted by atomic mass is 14.9. The van der Waals surface area contributed by atoms with Gasteiger partial charge in [0.2, 0.25) is 0 Å². The maximum Gasteiger partial charge on any atom is 0.160 e. The summed E-state index contributed by atoms with van der Waals surface area (Å²) < 4.78 is 0. The summed E-state index contributed by atoms with van der Waals surface area (Å²) in [6.45, 7) is 9.47. The van der Waals surface area contributed by atoms with Crippen molar-refractivity contribution in [1.82, 2.24) is 9.97 Å². The molecule has 0 radical (unpaired) electrons. The standard InChI is InChI=1S/C36H30N2/c1-35(2)30-15-9-7-13-27(30)28-20-19-26(22-31(28)36(35,3)4)34-37-32-16-10-8-14-29(32)33(38-34)25-18-17-23-11-5-6-12-24(23)21-25/h5-22H,1-4H3. The lowest BCUT2D eigenvalue weighted by atomic mass is 9.55. The van der Waals surface area contributed by atoms with E-state index in [1.54, 1.807) is 0 Å². The van der Waals surface area contributed by atoms with Gasteiger partial charge in [0.25, 0.3) is 0 Å². The fourth-order valence-corrected chi connectivity index (χ4v) is 6.13. The van der Waals surface area contributed by atoms with Crippen molar-refractivity contribution < 1.29 is 0 Å². The lowest BCUT2D eigenvalue weighted by molar-refractivity contribution is 0.299. The van der Waals surface area contributed by atoms with Crippen LogP contribution in [-0.2, 0) is 10.8 Å². The fourth-order valence-electron chi connectivity index (χ4n) is 6.13. The minimum atomic E-state index is -0.0648. The lowest BCUT2D eigenvalue weighted by Crippen LogP contribution is -2.43. The van der Waals surface area contributed by atoms with Gasteiger partial charge in [0.15, 0.2) is 5.82 Å². The Morgan fingerprint density at radius 2 is 1.16 bits per heavy atom. The predicted octanol–water partition coefficient (Wildman–Crippen LogP) is 9.35. The molecule has 0 spiro atoms. The van der Waals surface area contributed by atoms with Gasteiger partial charge in [-0.25, -0.2) is 9.97 Å². The van der Waals surface area contributed by atoms with E-state index in [0.29, 0.717) is 0 Å². The minimum Gasteiger partial charge on any atom is -0.228 e. The highest BCUT2D eigenvalue weighted by Crippen LogP contribution is 2.54. The molecule has 1 aliphatic carbocycles. The van der Waals surface area contributed by atoms with Crippen LogP contribution in [0, 0.1) is 0 Å². The van der Waals surface area contributed by atoms with E-state index in [0.717, 1.165) is 33.5 Å². The van der Waals surface area contributed by atoms with Crippen LogP contribution in [0.25, 0.3) is 55.4 Å². The zero-order chi connectivity index (χ0) is 26.1. The molecule has 7 rings (SSSR count). The Labute approximate surface area is 224 Å². The third-order valence-corrected chi connectivity index (χ3v) is 9.03. The van der Waals surface area contributed by atoms with Gasteiger partial charge in [-0.3, -0.25) is 0 Å². The van der Waals surface area contributed by atoms with Crippen molar-refractivity contribution in [2.45, 2.75) is 38.5 Å². The molecule has 0 fully saturated rings. The molecule has 5 aromatic carbocycles. The van der Waals surface area contributed by atoms with Crippen molar-refractivity contribution in [3.05, 3.63) is 120 Å². The first kappa shape index (κ1) is 22.9. The summed E-state index contributed by atoms with van der Waals surface area (Å²) in [7, 11) is 0. The summed E-state index contributed by atoms with van der Waals surface area (Å²) >= 11 is 0. The van der Waals surface area contributed by atoms with Gasteiger partial charge in [-0.2, -0.15) is 0 Å². The van der Waals surface area contributed by atoms with E-state index >= 15 is 0 Å². The van der Waals surface area contributed by atoms with Crippen LogP contribution in [0.1, 0.15) is 38.8 Å². The summed E-state index contributed by atoms with van der Waals surface area (Å²) in [6.07, 6.45) is 0. The van der Waals surface area contributed by atoms with E-state index in [2.05, 4.69) is 137 Å². The Kier molecular flexibility index (Phi) is 4.87. The minimum absolute atomic E-state index is 0.0181. The molecule has 38 heavy (non-hydrogen) atoms. The number of fused-ring (bicyclic) bond motifs is 5. The third-order valence-electron chi connectivity index (χ3n) is 9.03. The highest BCUT2D eigenvalue weighted by Gasteiger charge is 2.45.